The number of hydrogen-bond donors (Lipinski definition) is 1. The number of rotatable bonds is 6. The van der Waals surface area contributed by atoms with Crippen molar-refractivity contribution in [3.8, 4) is 11.5 Å². The molecule has 174 valence electrons. The van der Waals surface area contributed by atoms with Gasteiger partial charge in [-0.15, -0.1) is 0 Å². The summed E-state index contributed by atoms with van der Waals surface area (Å²) in [6.07, 6.45) is 2.32. The quantitative estimate of drug-likeness (QED) is 0.572. The lowest BCUT2D eigenvalue weighted by Gasteiger charge is -2.53. The maximum atomic E-state index is 13.0. The summed E-state index contributed by atoms with van der Waals surface area (Å²) < 4.78 is 37.2. The van der Waals surface area contributed by atoms with Crippen LogP contribution in [-0.4, -0.2) is 60.5 Å². The molecular weight excluding hydrogens is 460 g/mol. The highest BCUT2D eigenvalue weighted by Crippen LogP contribution is 2.43. The Kier molecular flexibility index (Phi) is 5.75. The number of aromatic hydroxyl groups is 1. The Bertz CT molecular complexity index is 1210. The van der Waals surface area contributed by atoms with Crippen LogP contribution in [0.15, 0.2) is 53.4 Å². The van der Waals surface area contributed by atoms with Gasteiger partial charge in [-0.2, -0.15) is 8.68 Å². The molecule has 0 bridgehead atoms. The summed E-state index contributed by atoms with van der Waals surface area (Å²) in [6, 6.07) is 13.7. The van der Waals surface area contributed by atoms with Crippen LogP contribution in [0.1, 0.15) is 24.2 Å². The van der Waals surface area contributed by atoms with E-state index in [2.05, 4.69) is 9.27 Å². The van der Waals surface area contributed by atoms with Gasteiger partial charge in [-0.1, -0.05) is 12.1 Å². The molecule has 10 heteroatoms. The van der Waals surface area contributed by atoms with Gasteiger partial charge in [0, 0.05) is 49.5 Å². The van der Waals surface area contributed by atoms with E-state index in [1.165, 1.54) is 11.5 Å². The summed E-state index contributed by atoms with van der Waals surface area (Å²) in [4.78, 5) is 7.24. The number of anilines is 1. The zero-order valence-corrected chi connectivity index (χ0v) is 20.0. The molecule has 33 heavy (non-hydrogen) atoms. The van der Waals surface area contributed by atoms with Crippen LogP contribution < -0.4 is 9.64 Å². The minimum absolute atomic E-state index is 0.148. The van der Waals surface area contributed by atoms with Crippen LogP contribution in [0.2, 0.25) is 0 Å². The van der Waals surface area contributed by atoms with E-state index in [9.17, 15) is 13.5 Å². The molecule has 5 rings (SSSR count). The van der Waals surface area contributed by atoms with Gasteiger partial charge in [-0.25, -0.2) is 13.4 Å². The molecule has 2 fully saturated rings. The highest BCUT2D eigenvalue weighted by Gasteiger charge is 2.47. The van der Waals surface area contributed by atoms with Crippen molar-refractivity contribution in [3.05, 3.63) is 59.9 Å². The SMILES string of the molecule is COc1ccc(S(=O)(=O)N2CCC3(CC2)CN(c2nc(Cc4ccc(O)cc4)ns2)C3)cc1. The molecule has 2 aromatic carbocycles. The van der Waals surface area contributed by atoms with Crippen LogP contribution in [-0.2, 0) is 16.4 Å². The molecule has 0 unspecified atom stereocenters. The number of phenolic OH excluding ortho intramolecular Hbond substituents is 1. The first-order valence-electron chi connectivity index (χ1n) is 10.9. The van der Waals surface area contributed by atoms with Gasteiger partial charge in [0.1, 0.15) is 17.3 Å². The van der Waals surface area contributed by atoms with Crippen molar-refractivity contribution in [3.63, 3.8) is 0 Å². The smallest absolute Gasteiger partial charge is 0.243 e. The lowest BCUT2D eigenvalue weighted by molar-refractivity contribution is 0.114. The Morgan fingerprint density at radius 2 is 1.73 bits per heavy atom. The zero-order chi connectivity index (χ0) is 23.1. The normalized spacial score (nSPS) is 18.3. The molecule has 0 amide bonds. The molecule has 3 aromatic rings. The van der Waals surface area contributed by atoms with Crippen molar-refractivity contribution in [2.75, 3.05) is 38.2 Å². The average Bonchev–Trinajstić information content (AvgIpc) is 3.27. The van der Waals surface area contributed by atoms with Gasteiger partial charge in [-0.3, -0.25) is 0 Å². The van der Waals surface area contributed by atoms with Gasteiger partial charge >= 0.3 is 0 Å². The van der Waals surface area contributed by atoms with Gasteiger partial charge in [0.25, 0.3) is 0 Å². The Labute approximate surface area is 197 Å². The van der Waals surface area contributed by atoms with Crippen LogP contribution in [0.5, 0.6) is 11.5 Å². The number of hydrogen-bond acceptors (Lipinski definition) is 8. The van der Waals surface area contributed by atoms with Crippen LogP contribution in [0.25, 0.3) is 0 Å². The molecule has 2 saturated heterocycles. The van der Waals surface area contributed by atoms with Gasteiger partial charge < -0.3 is 14.7 Å². The van der Waals surface area contributed by atoms with E-state index < -0.39 is 10.0 Å². The Balaban J connectivity index is 1.16. The van der Waals surface area contributed by atoms with Crippen LogP contribution in [0.3, 0.4) is 0 Å². The van der Waals surface area contributed by atoms with Crippen LogP contribution in [0, 0.1) is 5.41 Å². The number of phenols is 1. The number of nitrogens with zero attached hydrogens (tertiary/aromatic N) is 4. The fourth-order valence-electron chi connectivity index (χ4n) is 4.55. The third-order valence-electron chi connectivity index (χ3n) is 6.56. The fraction of sp³-hybridized carbons (Fsp3) is 0.391. The molecule has 1 spiro atoms. The van der Waals surface area contributed by atoms with E-state index >= 15 is 0 Å². The maximum Gasteiger partial charge on any atom is 0.243 e. The summed E-state index contributed by atoms with van der Waals surface area (Å²) in [5.41, 5.74) is 1.21. The minimum Gasteiger partial charge on any atom is -0.508 e. The predicted molar refractivity (Wildman–Crippen MR) is 126 cm³/mol. The van der Waals surface area contributed by atoms with Gasteiger partial charge in [0.05, 0.1) is 12.0 Å². The van der Waals surface area contributed by atoms with E-state index in [0.717, 1.165) is 42.5 Å². The van der Waals surface area contributed by atoms with E-state index in [1.807, 2.05) is 12.1 Å². The summed E-state index contributed by atoms with van der Waals surface area (Å²) in [5.74, 6) is 1.67. The molecule has 3 heterocycles. The van der Waals surface area contributed by atoms with Crippen molar-refractivity contribution in [1.82, 2.24) is 13.7 Å². The molecule has 2 aliphatic rings. The van der Waals surface area contributed by atoms with E-state index in [4.69, 9.17) is 9.72 Å². The minimum atomic E-state index is -3.49. The summed E-state index contributed by atoms with van der Waals surface area (Å²) >= 11 is 1.41. The van der Waals surface area contributed by atoms with Gasteiger partial charge in [-0.05, 0) is 54.8 Å². The molecular formula is C23H26N4O4S2. The number of ether oxygens (including phenoxy) is 1. The fourth-order valence-corrected chi connectivity index (χ4v) is 6.68. The molecule has 0 aliphatic carbocycles. The largest absolute Gasteiger partial charge is 0.508 e. The van der Waals surface area contributed by atoms with E-state index in [-0.39, 0.29) is 11.2 Å². The van der Waals surface area contributed by atoms with Crippen molar-refractivity contribution in [2.45, 2.75) is 24.2 Å². The third kappa shape index (κ3) is 4.42. The lowest BCUT2D eigenvalue weighted by atomic mass is 9.73. The predicted octanol–water partition coefficient (Wildman–Crippen LogP) is 3.13. The molecule has 1 N–H and O–H groups in total. The number of benzene rings is 2. The molecule has 0 saturated carbocycles. The third-order valence-corrected chi connectivity index (χ3v) is 9.29. The highest BCUT2D eigenvalue weighted by molar-refractivity contribution is 7.89. The zero-order valence-electron chi connectivity index (χ0n) is 18.3. The second-order valence-corrected chi connectivity index (χ2v) is 11.4. The summed E-state index contributed by atoms with van der Waals surface area (Å²) in [5, 5.41) is 10.3. The topological polar surface area (TPSA) is 95.9 Å². The molecule has 2 aliphatic heterocycles. The molecule has 8 nitrogen and oxygen atoms in total. The number of sulfonamides is 1. The summed E-state index contributed by atoms with van der Waals surface area (Å²) in [7, 11) is -1.92. The number of methoxy groups -OCH3 is 1. The second-order valence-electron chi connectivity index (χ2n) is 8.77. The summed E-state index contributed by atoms with van der Waals surface area (Å²) in [6.45, 7) is 2.84. The Morgan fingerprint density at radius 3 is 2.36 bits per heavy atom. The molecule has 1 aromatic heterocycles. The van der Waals surface area contributed by atoms with Gasteiger partial charge in [0.2, 0.25) is 15.2 Å². The number of piperidine rings is 1. The Hall–Kier alpha value is -2.69. The van der Waals surface area contributed by atoms with Crippen LogP contribution in [0.4, 0.5) is 5.13 Å². The maximum absolute atomic E-state index is 13.0. The monoisotopic (exact) mass is 486 g/mol. The van der Waals surface area contributed by atoms with Crippen molar-refractivity contribution in [1.29, 1.82) is 0 Å². The Morgan fingerprint density at radius 1 is 1.06 bits per heavy atom. The van der Waals surface area contributed by atoms with E-state index in [0.29, 0.717) is 30.2 Å². The first kappa shape index (κ1) is 22.1. The number of aromatic nitrogens is 2. The van der Waals surface area contributed by atoms with Gasteiger partial charge in [0.15, 0.2) is 0 Å². The molecule has 0 radical (unpaired) electrons. The molecule has 0 atom stereocenters. The van der Waals surface area contributed by atoms with Crippen molar-refractivity contribution < 1.29 is 18.3 Å². The first-order valence-corrected chi connectivity index (χ1v) is 13.1. The second kappa shape index (κ2) is 8.58. The van der Waals surface area contributed by atoms with E-state index in [1.54, 1.807) is 47.8 Å². The highest BCUT2D eigenvalue weighted by atomic mass is 32.2. The van der Waals surface area contributed by atoms with Crippen molar-refractivity contribution >= 4 is 26.7 Å². The lowest BCUT2D eigenvalue weighted by Crippen LogP contribution is -2.61. The average molecular weight is 487 g/mol. The van der Waals surface area contributed by atoms with Crippen molar-refractivity contribution in [2.24, 2.45) is 5.41 Å². The van der Waals surface area contributed by atoms with Crippen LogP contribution >= 0.6 is 11.5 Å². The standard InChI is InChI=1S/C23H26N4O4S2/c1-31-19-6-8-20(9-7-19)33(29,30)27-12-10-23(11-13-27)15-26(16-23)22-24-21(25-32-22)14-17-2-4-18(28)5-3-17/h2-9,28H,10-16H2,1H3. The first-order chi connectivity index (χ1) is 15.9.